The van der Waals surface area contributed by atoms with E-state index in [1.165, 1.54) is 19.2 Å². The third kappa shape index (κ3) is 5.64. The fourth-order valence-electron chi connectivity index (χ4n) is 3.93. The number of hydrogen-bond acceptors (Lipinski definition) is 4. The Balaban J connectivity index is 1.68. The van der Waals surface area contributed by atoms with Crippen LogP contribution in [0.3, 0.4) is 0 Å². The molecule has 29 heavy (non-hydrogen) atoms. The van der Waals surface area contributed by atoms with Crippen molar-refractivity contribution in [3.63, 3.8) is 0 Å². The summed E-state index contributed by atoms with van der Waals surface area (Å²) in [6.07, 6.45) is 5.03. The lowest BCUT2D eigenvalue weighted by Gasteiger charge is -2.29. The standard InChI is InChI=1S/C22H26FNO4S/c1-28-21(25)14-17-4-6-18(7-5-17)15-22(12-2-3-13-22)16-24-29(26,27)20-10-8-19(23)9-11-20/h4-11,24H,2-3,12-16H2,1H3. The Bertz CT molecular complexity index is 934. The molecular formula is C22H26FNO4S. The molecule has 7 heteroatoms. The van der Waals surface area contributed by atoms with Crippen LogP contribution in [0, 0.1) is 11.2 Å². The second-order valence-electron chi connectivity index (χ2n) is 7.73. The molecule has 5 nitrogen and oxygen atoms in total. The predicted octanol–water partition coefficient (Wildman–Crippen LogP) is 3.62. The highest BCUT2D eigenvalue weighted by molar-refractivity contribution is 7.89. The summed E-state index contributed by atoms with van der Waals surface area (Å²) in [6, 6.07) is 12.7. The monoisotopic (exact) mass is 419 g/mol. The fourth-order valence-corrected chi connectivity index (χ4v) is 5.09. The molecule has 1 aliphatic rings. The van der Waals surface area contributed by atoms with Gasteiger partial charge in [-0.3, -0.25) is 4.79 Å². The van der Waals surface area contributed by atoms with E-state index in [2.05, 4.69) is 9.46 Å². The highest BCUT2D eigenvalue weighted by Crippen LogP contribution is 2.40. The minimum Gasteiger partial charge on any atom is -0.469 e. The van der Waals surface area contributed by atoms with Gasteiger partial charge in [-0.25, -0.2) is 17.5 Å². The van der Waals surface area contributed by atoms with Gasteiger partial charge in [-0.15, -0.1) is 0 Å². The minimum absolute atomic E-state index is 0.0687. The molecule has 0 aliphatic heterocycles. The number of sulfonamides is 1. The quantitative estimate of drug-likeness (QED) is 0.664. The van der Waals surface area contributed by atoms with Crippen molar-refractivity contribution in [1.29, 1.82) is 0 Å². The summed E-state index contributed by atoms with van der Waals surface area (Å²) in [7, 11) is -2.32. The number of methoxy groups -OCH3 is 1. The van der Waals surface area contributed by atoms with Gasteiger partial charge in [0, 0.05) is 6.54 Å². The second-order valence-corrected chi connectivity index (χ2v) is 9.50. The van der Waals surface area contributed by atoms with Crippen LogP contribution in [0.25, 0.3) is 0 Å². The maximum absolute atomic E-state index is 13.1. The highest BCUT2D eigenvalue weighted by Gasteiger charge is 2.35. The molecule has 0 unspecified atom stereocenters. The molecule has 0 spiro atoms. The lowest BCUT2D eigenvalue weighted by molar-refractivity contribution is -0.139. The number of esters is 1. The highest BCUT2D eigenvalue weighted by atomic mass is 32.2. The van der Waals surface area contributed by atoms with E-state index in [0.29, 0.717) is 6.54 Å². The normalized spacial score (nSPS) is 15.9. The van der Waals surface area contributed by atoms with Crippen LogP contribution in [0.5, 0.6) is 0 Å². The number of ether oxygens (including phenoxy) is 1. The lowest BCUT2D eigenvalue weighted by Crippen LogP contribution is -2.37. The molecule has 0 atom stereocenters. The van der Waals surface area contributed by atoms with E-state index >= 15 is 0 Å². The summed E-state index contributed by atoms with van der Waals surface area (Å²) in [5.74, 6) is -0.743. The van der Waals surface area contributed by atoms with Crippen LogP contribution in [-0.4, -0.2) is 28.0 Å². The molecule has 1 N–H and O–H groups in total. The van der Waals surface area contributed by atoms with Crippen LogP contribution in [-0.2, 0) is 32.4 Å². The molecule has 0 saturated heterocycles. The first-order chi connectivity index (χ1) is 13.8. The van der Waals surface area contributed by atoms with Crippen LogP contribution in [0.1, 0.15) is 36.8 Å². The van der Waals surface area contributed by atoms with Crippen LogP contribution in [0.2, 0.25) is 0 Å². The van der Waals surface area contributed by atoms with E-state index in [1.54, 1.807) is 0 Å². The first-order valence-electron chi connectivity index (χ1n) is 9.72. The van der Waals surface area contributed by atoms with E-state index in [9.17, 15) is 17.6 Å². The van der Waals surface area contributed by atoms with Gasteiger partial charge in [0.1, 0.15) is 5.82 Å². The number of carbonyl (C=O) groups is 1. The Morgan fingerprint density at radius 2 is 1.62 bits per heavy atom. The van der Waals surface area contributed by atoms with Gasteiger partial charge >= 0.3 is 5.97 Å². The lowest BCUT2D eigenvalue weighted by atomic mass is 9.80. The van der Waals surface area contributed by atoms with Crippen molar-refractivity contribution in [2.75, 3.05) is 13.7 Å². The van der Waals surface area contributed by atoms with E-state index in [1.807, 2.05) is 24.3 Å². The van der Waals surface area contributed by atoms with Gasteiger partial charge in [0.25, 0.3) is 0 Å². The fraction of sp³-hybridized carbons (Fsp3) is 0.409. The number of benzene rings is 2. The zero-order valence-electron chi connectivity index (χ0n) is 16.5. The van der Waals surface area contributed by atoms with Crippen molar-refractivity contribution in [2.24, 2.45) is 5.41 Å². The van der Waals surface area contributed by atoms with Gasteiger partial charge in [-0.1, -0.05) is 37.1 Å². The van der Waals surface area contributed by atoms with E-state index in [4.69, 9.17) is 0 Å². The molecule has 3 rings (SSSR count). The molecule has 0 heterocycles. The molecule has 0 radical (unpaired) electrons. The van der Waals surface area contributed by atoms with Crippen molar-refractivity contribution in [1.82, 2.24) is 4.72 Å². The molecule has 2 aromatic carbocycles. The van der Waals surface area contributed by atoms with Crippen molar-refractivity contribution in [3.05, 3.63) is 65.5 Å². The first kappa shape index (κ1) is 21.5. The molecular weight excluding hydrogens is 393 g/mol. The smallest absolute Gasteiger partial charge is 0.309 e. The molecule has 2 aromatic rings. The number of hydrogen-bond donors (Lipinski definition) is 1. The Kier molecular flexibility index (Phi) is 6.70. The van der Waals surface area contributed by atoms with E-state index < -0.39 is 15.8 Å². The van der Waals surface area contributed by atoms with Gasteiger partial charge in [-0.05, 0) is 60.1 Å². The average Bonchev–Trinajstić information content (AvgIpc) is 3.17. The zero-order chi connectivity index (χ0) is 20.9. The molecule has 1 aliphatic carbocycles. The number of carbonyl (C=O) groups excluding carboxylic acids is 1. The van der Waals surface area contributed by atoms with Crippen LogP contribution in [0.4, 0.5) is 4.39 Å². The third-order valence-electron chi connectivity index (χ3n) is 5.60. The topological polar surface area (TPSA) is 72.5 Å². The molecule has 0 amide bonds. The van der Waals surface area contributed by atoms with Crippen LogP contribution in [0.15, 0.2) is 53.4 Å². The van der Waals surface area contributed by atoms with E-state index in [-0.39, 0.29) is 22.7 Å². The summed E-state index contributed by atoms with van der Waals surface area (Å²) in [6.45, 7) is 0.344. The number of halogens is 1. The predicted molar refractivity (Wildman–Crippen MR) is 108 cm³/mol. The zero-order valence-corrected chi connectivity index (χ0v) is 17.3. The summed E-state index contributed by atoms with van der Waals surface area (Å²) in [4.78, 5) is 11.5. The van der Waals surface area contributed by atoms with Gasteiger partial charge in [-0.2, -0.15) is 0 Å². The van der Waals surface area contributed by atoms with Gasteiger partial charge in [0.05, 0.1) is 18.4 Å². The van der Waals surface area contributed by atoms with Gasteiger partial charge in [0.15, 0.2) is 0 Å². The largest absolute Gasteiger partial charge is 0.469 e. The average molecular weight is 420 g/mol. The molecule has 0 aromatic heterocycles. The van der Waals surface area contributed by atoms with Crippen LogP contribution >= 0.6 is 0 Å². The minimum atomic E-state index is -3.69. The van der Waals surface area contributed by atoms with E-state index in [0.717, 1.165) is 55.4 Å². The summed E-state index contributed by atoms with van der Waals surface area (Å²) in [5.41, 5.74) is 1.86. The third-order valence-corrected chi connectivity index (χ3v) is 7.02. The van der Waals surface area contributed by atoms with Crippen molar-refractivity contribution in [2.45, 2.75) is 43.4 Å². The Labute approximate surface area is 171 Å². The molecule has 1 fully saturated rings. The summed E-state index contributed by atoms with van der Waals surface area (Å²) < 4.78 is 45.7. The van der Waals surface area contributed by atoms with Crippen LogP contribution < -0.4 is 4.72 Å². The van der Waals surface area contributed by atoms with Gasteiger partial charge in [0.2, 0.25) is 10.0 Å². The molecule has 156 valence electrons. The van der Waals surface area contributed by atoms with Crippen molar-refractivity contribution >= 4 is 16.0 Å². The van der Waals surface area contributed by atoms with Crippen molar-refractivity contribution < 1.29 is 22.3 Å². The Morgan fingerprint density at radius 3 is 2.21 bits per heavy atom. The maximum Gasteiger partial charge on any atom is 0.309 e. The Hall–Kier alpha value is -2.25. The summed E-state index contributed by atoms with van der Waals surface area (Å²) >= 11 is 0. The summed E-state index contributed by atoms with van der Waals surface area (Å²) in [5, 5.41) is 0. The number of rotatable bonds is 8. The van der Waals surface area contributed by atoms with Crippen molar-refractivity contribution in [3.8, 4) is 0 Å². The van der Waals surface area contributed by atoms with Gasteiger partial charge < -0.3 is 4.74 Å². The molecule has 1 saturated carbocycles. The Morgan fingerprint density at radius 1 is 1.03 bits per heavy atom. The first-order valence-corrected chi connectivity index (χ1v) is 11.2. The maximum atomic E-state index is 13.1. The number of nitrogens with one attached hydrogen (secondary N) is 1. The second kappa shape index (κ2) is 9.05. The molecule has 0 bridgehead atoms. The SMILES string of the molecule is COC(=O)Cc1ccc(CC2(CNS(=O)(=O)c3ccc(F)cc3)CCCC2)cc1.